The summed E-state index contributed by atoms with van der Waals surface area (Å²) >= 11 is 0. The lowest BCUT2D eigenvalue weighted by Gasteiger charge is -2.27. The van der Waals surface area contributed by atoms with Crippen molar-refractivity contribution in [1.29, 1.82) is 0 Å². The minimum absolute atomic E-state index is 0.0910. The number of hydrogen-bond acceptors (Lipinski definition) is 6. The van der Waals surface area contributed by atoms with Crippen LogP contribution in [0.4, 0.5) is 5.69 Å². The molecule has 116 valence electrons. The summed E-state index contributed by atoms with van der Waals surface area (Å²) in [5, 5.41) is 16.2. The SMILES string of the molecule is NS(=O)(=O)c1cccc([N+](=O)[O-])c1O[C@H]1CC[C@H](N)CC1. The molecule has 1 saturated carbocycles. The lowest BCUT2D eigenvalue weighted by atomic mass is 9.94. The molecule has 8 nitrogen and oxygen atoms in total. The van der Waals surface area contributed by atoms with E-state index in [9.17, 15) is 18.5 Å². The Morgan fingerprint density at radius 3 is 2.38 bits per heavy atom. The highest BCUT2D eigenvalue weighted by Gasteiger charge is 2.29. The van der Waals surface area contributed by atoms with Crippen LogP contribution in [0.3, 0.4) is 0 Å². The van der Waals surface area contributed by atoms with Gasteiger partial charge in [0.2, 0.25) is 15.8 Å². The third-order valence-corrected chi connectivity index (χ3v) is 4.40. The molecule has 1 aliphatic rings. The Kier molecular flexibility index (Phi) is 4.45. The first-order valence-corrected chi connectivity index (χ1v) is 8.06. The zero-order valence-electron chi connectivity index (χ0n) is 11.3. The molecule has 0 atom stereocenters. The molecule has 0 unspecified atom stereocenters. The van der Waals surface area contributed by atoms with Crippen molar-refractivity contribution in [3.8, 4) is 5.75 Å². The maximum atomic E-state index is 11.6. The second kappa shape index (κ2) is 5.96. The van der Waals surface area contributed by atoms with Gasteiger partial charge in [-0.05, 0) is 31.7 Å². The van der Waals surface area contributed by atoms with Crippen LogP contribution in [-0.4, -0.2) is 25.5 Å². The van der Waals surface area contributed by atoms with Gasteiger partial charge < -0.3 is 10.5 Å². The normalized spacial score (nSPS) is 22.8. The second-order valence-electron chi connectivity index (χ2n) is 5.06. The first-order chi connectivity index (χ1) is 9.79. The van der Waals surface area contributed by atoms with Crippen LogP contribution in [0, 0.1) is 10.1 Å². The largest absolute Gasteiger partial charge is 0.483 e. The predicted molar refractivity (Wildman–Crippen MR) is 75.3 cm³/mol. The standard InChI is InChI=1S/C12H17N3O5S/c13-8-4-6-9(7-5-8)20-12-10(15(16)17)2-1-3-11(12)21(14,18)19/h1-3,8-9H,4-7,13H2,(H2,14,18,19)/t8-,9-. The summed E-state index contributed by atoms with van der Waals surface area (Å²) in [7, 11) is -4.11. The average molecular weight is 315 g/mol. The number of sulfonamides is 1. The summed E-state index contributed by atoms with van der Waals surface area (Å²) in [6.45, 7) is 0. The van der Waals surface area contributed by atoms with Crippen LogP contribution in [0.1, 0.15) is 25.7 Å². The third-order valence-electron chi connectivity index (χ3n) is 3.46. The quantitative estimate of drug-likeness (QED) is 0.625. The minimum atomic E-state index is -4.11. The number of rotatable bonds is 4. The van der Waals surface area contributed by atoms with Crippen molar-refractivity contribution in [2.45, 2.75) is 42.7 Å². The molecule has 4 N–H and O–H groups in total. The number of primary sulfonamides is 1. The first-order valence-electron chi connectivity index (χ1n) is 6.51. The molecule has 0 bridgehead atoms. The van der Waals surface area contributed by atoms with Crippen molar-refractivity contribution >= 4 is 15.7 Å². The molecule has 21 heavy (non-hydrogen) atoms. The zero-order chi connectivity index (χ0) is 15.6. The maximum Gasteiger partial charge on any atom is 0.312 e. The van der Waals surface area contributed by atoms with Crippen LogP contribution in [-0.2, 0) is 10.0 Å². The van der Waals surface area contributed by atoms with Crippen molar-refractivity contribution in [3.63, 3.8) is 0 Å². The van der Waals surface area contributed by atoms with E-state index in [1.165, 1.54) is 18.2 Å². The van der Waals surface area contributed by atoms with E-state index >= 15 is 0 Å². The molecule has 0 radical (unpaired) electrons. The van der Waals surface area contributed by atoms with Gasteiger partial charge in [-0.2, -0.15) is 0 Å². The summed E-state index contributed by atoms with van der Waals surface area (Å²) < 4.78 is 28.8. The van der Waals surface area contributed by atoms with Crippen molar-refractivity contribution in [3.05, 3.63) is 28.3 Å². The summed E-state index contributed by atoms with van der Waals surface area (Å²) in [6, 6.07) is 3.75. The fraction of sp³-hybridized carbons (Fsp3) is 0.500. The van der Waals surface area contributed by atoms with E-state index in [-0.39, 0.29) is 22.8 Å². The number of hydrogen-bond donors (Lipinski definition) is 2. The van der Waals surface area contributed by atoms with E-state index in [1.54, 1.807) is 0 Å². The van der Waals surface area contributed by atoms with Crippen LogP contribution in [0.5, 0.6) is 5.75 Å². The third kappa shape index (κ3) is 3.69. The van der Waals surface area contributed by atoms with Crippen LogP contribution in [0.15, 0.2) is 23.1 Å². The van der Waals surface area contributed by atoms with Gasteiger partial charge in [0, 0.05) is 12.1 Å². The van der Waals surface area contributed by atoms with E-state index in [0.29, 0.717) is 12.8 Å². The highest BCUT2D eigenvalue weighted by Crippen LogP contribution is 2.36. The molecule has 0 heterocycles. The Bertz CT molecular complexity index is 638. The smallest absolute Gasteiger partial charge is 0.312 e. The molecular weight excluding hydrogens is 298 g/mol. The van der Waals surface area contributed by atoms with E-state index in [0.717, 1.165) is 12.8 Å². The summed E-state index contributed by atoms with van der Waals surface area (Å²) in [5.74, 6) is -0.287. The number of para-hydroxylation sites is 1. The highest BCUT2D eigenvalue weighted by molar-refractivity contribution is 7.89. The lowest BCUT2D eigenvalue weighted by molar-refractivity contribution is -0.386. The number of benzene rings is 1. The predicted octanol–water partition coefficient (Wildman–Crippen LogP) is 0.891. The Balaban J connectivity index is 2.38. The highest BCUT2D eigenvalue weighted by atomic mass is 32.2. The molecule has 1 aromatic rings. The fourth-order valence-electron chi connectivity index (χ4n) is 2.36. The molecule has 1 aromatic carbocycles. The zero-order valence-corrected chi connectivity index (χ0v) is 12.1. The molecule has 1 aliphatic carbocycles. The van der Waals surface area contributed by atoms with Gasteiger partial charge in [-0.25, -0.2) is 13.6 Å². The minimum Gasteiger partial charge on any atom is -0.483 e. The van der Waals surface area contributed by atoms with Gasteiger partial charge in [-0.15, -0.1) is 0 Å². The van der Waals surface area contributed by atoms with Crippen LogP contribution in [0.2, 0.25) is 0 Å². The number of nitro benzene ring substituents is 1. The van der Waals surface area contributed by atoms with Crippen LogP contribution < -0.4 is 15.6 Å². The van der Waals surface area contributed by atoms with Crippen molar-refractivity contribution in [1.82, 2.24) is 0 Å². The molecule has 0 amide bonds. The molecular formula is C12H17N3O5S. The van der Waals surface area contributed by atoms with Gasteiger partial charge >= 0.3 is 5.69 Å². The Labute approximate surface area is 122 Å². The molecule has 0 aromatic heterocycles. The van der Waals surface area contributed by atoms with E-state index in [1.807, 2.05) is 0 Å². The topological polar surface area (TPSA) is 139 Å². The molecule has 0 spiro atoms. The van der Waals surface area contributed by atoms with Gasteiger partial charge in [0.05, 0.1) is 11.0 Å². The van der Waals surface area contributed by atoms with E-state index in [4.69, 9.17) is 15.6 Å². The first kappa shape index (κ1) is 15.7. The molecule has 9 heteroatoms. The van der Waals surface area contributed by atoms with Gasteiger partial charge in [0.15, 0.2) is 0 Å². The number of ether oxygens (including phenoxy) is 1. The summed E-state index contributed by atoms with van der Waals surface area (Å²) in [5.41, 5.74) is 5.38. The Morgan fingerprint density at radius 1 is 1.24 bits per heavy atom. The van der Waals surface area contributed by atoms with Crippen molar-refractivity contribution < 1.29 is 18.1 Å². The number of nitrogens with two attached hydrogens (primary N) is 2. The van der Waals surface area contributed by atoms with Gasteiger partial charge in [-0.3, -0.25) is 10.1 Å². The van der Waals surface area contributed by atoms with Crippen molar-refractivity contribution in [2.75, 3.05) is 0 Å². The molecule has 0 aliphatic heterocycles. The Morgan fingerprint density at radius 2 is 1.86 bits per heavy atom. The maximum absolute atomic E-state index is 11.6. The monoisotopic (exact) mass is 315 g/mol. The van der Waals surface area contributed by atoms with E-state index < -0.39 is 20.6 Å². The lowest BCUT2D eigenvalue weighted by Crippen LogP contribution is -2.32. The second-order valence-corrected chi connectivity index (χ2v) is 6.59. The number of nitro groups is 1. The number of nitrogens with zero attached hydrogens (tertiary/aromatic N) is 1. The fourth-order valence-corrected chi connectivity index (χ4v) is 3.04. The summed E-state index contributed by atoms with van der Waals surface area (Å²) in [4.78, 5) is 10.0. The van der Waals surface area contributed by atoms with Gasteiger partial charge in [-0.1, -0.05) is 6.07 Å². The molecule has 0 saturated heterocycles. The Hall–Kier alpha value is -1.71. The van der Waals surface area contributed by atoms with Crippen LogP contribution in [0.25, 0.3) is 0 Å². The molecule has 1 fully saturated rings. The average Bonchev–Trinajstić information content (AvgIpc) is 2.40. The summed E-state index contributed by atoms with van der Waals surface area (Å²) in [6.07, 6.45) is 2.41. The van der Waals surface area contributed by atoms with E-state index in [2.05, 4.69) is 0 Å². The molecule has 2 rings (SSSR count). The van der Waals surface area contributed by atoms with Crippen LogP contribution >= 0.6 is 0 Å². The van der Waals surface area contributed by atoms with Gasteiger partial charge in [0.25, 0.3) is 0 Å². The van der Waals surface area contributed by atoms with Gasteiger partial charge in [0.1, 0.15) is 4.90 Å². The van der Waals surface area contributed by atoms with Crippen molar-refractivity contribution in [2.24, 2.45) is 10.9 Å².